The van der Waals surface area contributed by atoms with Crippen molar-refractivity contribution in [2.45, 2.75) is 33.1 Å². The lowest BCUT2D eigenvalue weighted by molar-refractivity contribution is 0.205. The van der Waals surface area contributed by atoms with Gasteiger partial charge < -0.3 is 4.74 Å². The van der Waals surface area contributed by atoms with Gasteiger partial charge in [-0.05, 0) is 30.2 Å². The third-order valence-corrected chi connectivity index (χ3v) is 4.98. The number of nitrogens with zero attached hydrogens (tertiary/aromatic N) is 3. The number of fused-ring (bicyclic) bond motifs is 1. The Labute approximate surface area is 148 Å². The van der Waals surface area contributed by atoms with Crippen LogP contribution in [0.4, 0.5) is 0 Å². The topological polar surface area (TPSA) is 76.5 Å². The van der Waals surface area contributed by atoms with E-state index in [4.69, 9.17) is 4.74 Å². The molecule has 0 fully saturated rings. The van der Waals surface area contributed by atoms with Crippen LogP contribution in [0.3, 0.4) is 0 Å². The third-order valence-electron chi connectivity index (χ3n) is 4.31. The molecule has 3 rings (SSSR count). The lowest BCUT2D eigenvalue weighted by Gasteiger charge is -2.27. The molecule has 1 N–H and O–H groups in total. The van der Waals surface area contributed by atoms with E-state index in [-0.39, 0.29) is 6.54 Å². The van der Waals surface area contributed by atoms with Crippen LogP contribution in [0, 0.1) is 6.92 Å². The molecule has 1 aromatic heterocycles. The van der Waals surface area contributed by atoms with Crippen LogP contribution in [0.1, 0.15) is 22.5 Å². The Morgan fingerprint density at radius 3 is 2.76 bits per heavy atom. The smallest absolute Gasteiger partial charge is 0.209 e. The first-order valence-corrected chi connectivity index (χ1v) is 10.1. The number of sulfonamides is 1. The number of ether oxygens (including phenoxy) is 1. The summed E-state index contributed by atoms with van der Waals surface area (Å²) in [5.74, 6) is 0.906. The summed E-state index contributed by atoms with van der Waals surface area (Å²) < 4.78 is 32.2. The zero-order valence-electron chi connectivity index (χ0n) is 14.8. The van der Waals surface area contributed by atoms with Crippen LogP contribution < -0.4 is 9.46 Å². The van der Waals surface area contributed by atoms with Crippen molar-refractivity contribution in [2.24, 2.45) is 0 Å². The maximum absolute atomic E-state index is 11.2. The standard InChI is InChI=1S/C17H24N4O3S/c1-13-8-14(4-5-17(13)24-2)11-20-6-7-21-16(12-20)9-15(19-21)10-18-25(3,22)23/h4-5,8-9,18H,6-7,10-12H2,1-3H3. The molecule has 1 aliphatic heterocycles. The van der Waals surface area contributed by atoms with E-state index in [1.807, 2.05) is 16.8 Å². The summed E-state index contributed by atoms with van der Waals surface area (Å²) >= 11 is 0. The average molecular weight is 364 g/mol. The Morgan fingerprint density at radius 2 is 2.08 bits per heavy atom. The van der Waals surface area contributed by atoms with E-state index in [2.05, 4.69) is 33.8 Å². The molecule has 1 aromatic carbocycles. The summed E-state index contributed by atoms with van der Waals surface area (Å²) in [7, 11) is -1.52. The number of rotatable bonds is 6. The summed E-state index contributed by atoms with van der Waals surface area (Å²) in [6.45, 7) is 5.68. The van der Waals surface area contributed by atoms with E-state index in [0.717, 1.165) is 55.1 Å². The highest BCUT2D eigenvalue weighted by molar-refractivity contribution is 7.88. The second-order valence-corrected chi connectivity index (χ2v) is 8.29. The second kappa shape index (κ2) is 7.15. The zero-order chi connectivity index (χ0) is 18.0. The summed E-state index contributed by atoms with van der Waals surface area (Å²) in [6, 6.07) is 8.24. The number of hydrogen-bond acceptors (Lipinski definition) is 5. The van der Waals surface area contributed by atoms with Crippen molar-refractivity contribution in [1.82, 2.24) is 19.4 Å². The van der Waals surface area contributed by atoms with E-state index < -0.39 is 10.0 Å². The first kappa shape index (κ1) is 17.9. The fourth-order valence-corrected chi connectivity index (χ4v) is 3.51. The van der Waals surface area contributed by atoms with E-state index in [9.17, 15) is 8.42 Å². The molecular weight excluding hydrogens is 340 g/mol. The van der Waals surface area contributed by atoms with Gasteiger partial charge in [-0.25, -0.2) is 13.1 Å². The summed E-state index contributed by atoms with van der Waals surface area (Å²) in [5, 5.41) is 4.48. The maximum Gasteiger partial charge on any atom is 0.209 e. The van der Waals surface area contributed by atoms with Crippen LogP contribution in [-0.4, -0.2) is 43.0 Å². The number of aromatic nitrogens is 2. The lowest BCUT2D eigenvalue weighted by atomic mass is 10.1. The van der Waals surface area contributed by atoms with Crippen molar-refractivity contribution in [3.8, 4) is 5.75 Å². The highest BCUT2D eigenvalue weighted by Crippen LogP contribution is 2.21. The Hall–Kier alpha value is -1.90. The van der Waals surface area contributed by atoms with Gasteiger partial charge in [0.25, 0.3) is 0 Å². The van der Waals surface area contributed by atoms with Gasteiger partial charge >= 0.3 is 0 Å². The van der Waals surface area contributed by atoms with Gasteiger partial charge in [0, 0.05) is 19.6 Å². The van der Waals surface area contributed by atoms with Gasteiger partial charge in [0.05, 0.1) is 37.8 Å². The molecule has 0 bridgehead atoms. The van der Waals surface area contributed by atoms with Crippen molar-refractivity contribution in [2.75, 3.05) is 19.9 Å². The summed E-state index contributed by atoms with van der Waals surface area (Å²) in [5.41, 5.74) is 4.26. The van der Waals surface area contributed by atoms with Crippen LogP contribution in [0.5, 0.6) is 5.75 Å². The van der Waals surface area contributed by atoms with Gasteiger partial charge in [-0.2, -0.15) is 5.10 Å². The number of benzene rings is 1. The molecule has 1 aliphatic rings. The predicted octanol–water partition coefficient (Wildman–Crippen LogP) is 1.27. The number of hydrogen-bond donors (Lipinski definition) is 1. The van der Waals surface area contributed by atoms with Crippen LogP contribution in [0.2, 0.25) is 0 Å². The third kappa shape index (κ3) is 4.59. The van der Waals surface area contributed by atoms with Crippen molar-refractivity contribution < 1.29 is 13.2 Å². The van der Waals surface area contributed by atoms with Crippen molar-refractivity contribution in [1.29, 1.82) is 0 Å². The Balaban J connectivity index is 1.65. The molecule has 0 saturated heterocycles. The number of methoxy groups -OCH3 is 1. The van der Waals surface area contributed by atoms with Gasteiger partial charge in [-0.3, -0.25) is 9.58 Å². The molecule has 8 heteroatoms. The fraction of sp³-hybridized carbons (Fsp3) is 0.471. The molecule has 0 radical (unpaired) electrons. The summed E-state index contributed by atoms with van der Waals surface area (Å²) in [4.78, 5) is 2.37. The zero-order valence-corrected chi connectivity index (χ0v) is 15.6. The Morgan fingerprint density at radius 1 is 1.28 bits per heavy atom. The Bertz CT molecular complexity index is 861. The van der Waals surface area contributed by atoms with Crippen LogP contribution in [0.25, 0.3) is 0 Å². The molecule has 2 aromatic rings. The van der Waals surface area contributed by atoms with E-state index in [1.165, 1.54) is 5.56 Å². The lowest BCUT2D eigenvalue weighted by Crippen LogP contribution is -2.33. The number of nitrogens with one attached hydrogen (secondary N) is 1. The Kier molecular flexibility index (Phi) is 5.12. The van der Waals surface area contributed by atoms with Crippen molar-refractivity contribution in [3.63, 3.8) is 0 Å². The molecule has 25 heavy (non-hydrogen) atoms. The van der Waals surface area contributed by atoms with Gasteiger partial charge in [0.15, 0.2) is 0 Å². The van der Waals surface area contributed by atoms with Gasteiger partial charge in [-0.15, -0.1) is 0 Å². The molecule has 2 heterocycles. The molecule has 0 atom stereocenters. The van der Waals surface area contributed by atoms with Gasteiger partial charge in [0.2, 0.25) is 10.0 Å². The molecule has 0 spiro atoms. The molecule has 0 saturated carbocycles. The van der Waals surface area contributed by atoms with Crippen LogP contribution in [0.15, 0.2) is 24.3 Å². The van der Waals surface area contributed by atoms with Crippen molar-refractivity contribution >= 4 is 10.0 Å². The minimum atomic E-state index is -3.20. The molecule has 136 valence electrons. The summed E-state index contributed by atoms with van der Waals surface area (Å²) in [6.07, 6.45) is 1.15. The highest BCUT2D eigenvalue weighted by atomic mass is 32.2. The quantitative estimate of drug-likeness (QED) is 0.835. The van der Waals surface area contributed by atoms with E-state index >= 15 is 0 Å². The molecule has 7 nitrogen and oxygen atoms in total. The van der Waals surface area contributed by atoms with E-state index in [0.29, 0.717) is 0 Å². The first-order chi connectivity index (χ1) is 11.8. The predicted molar refractivity (Wildman–Crippen MR) is 95.8 cm³/mol. The highest BCUT2D eigenvalue weighted by Gasteiger charge is 2.19. The van der Waals surface area contributed by atoms with E-state index in [1.54, 1.807) is 7.11 Å². The normalized spacial score (nSPS) is 15.2. The molecule has 0 amide bonds. The average Bonchev–Trinajstić information content (AvgIpc) is 2.95. The van der Waals surface area contributed by atoms with Crippen LogP contribution in [-0.2, 0) is 36.2 Å². The monoisotopic (exact) mass is 364 g/mol. The minimum absolute atomic E-state index is 0.233. The SMILES string of the molecule is COc1ccc(CN2CCn3nc(CNS(C)(=O)=O)cc3C2)cc1C. The molecule has 0 aliphatic carbocycles. The van der Waals surface area contributed by atoms with Crippen LogP contribution >= 0.6 is 0 Å². The fourth-order valence-electron chi connectivity index (χ4n) is 3.10. The molecular formula is C17H24N4O3S. The molecule has 0 unspecified atom stereocenters. The first-order valence-electron chi connectivity index (χ1n) is 8.20. The number of aryl methyl sites for hydroxylation is 1. The largest absolute Gasteiger partial charge is 0.496 e. The van der Waals surface area contributed by atoms with Crippen molar-refractivity contribution in [3.05, 3.63) is 46.8 Å². The maximum atomic E-state index is 11.2. The minimum Gasteiger partial charge on any atom is -0.496 e. The van der Waals surface area contributed by atoms with Gasteiger partial charge in [0.1, 0.15) is 5.75 Å². The van der Waals surface area contributed by atoms with Gasteiger partial charge in [-0.1, -0.05) is 12.1 Å². The second-order valence-electron chi connectivity index (χ2n) is 6.46.